The Labute approximate surface area is 346 Å². The standard InChI is InChI=1S/C38H54N10O10S/c1-7-10-16-54-27-21-48(56-18-12-9-3)28(19-26(27)49)44-34(41-23-39)40-20-24-29(31(50)42-24)45-32(51)30(25-22-59-35(43-25)46-36(53)57-37(4,5)6)47-58-38(14-13-15-38)33(52)55-17-11-8-2/h19,21-22,24,29H,7-18,20H2,1-6H3,(H,42,50)(H,45,51)(H2,40,41,44)(H,43,46,53)/b47-30-/t24-,29+/m1/s1. The molecule has 322 valence electrons. The van der Waals surface area contributed by atoms with E-state index in [2.05, 4.69) is 41.7 Å². The number of hydrogen-bond acceptors (Lipinski definition) is 15. The van der Waals surface area contributed by atoms with Gasteiger partial charge in [-0.2, -0.15) is 9.99 Å². The highest BCUT2D eigenvalue weighted by atomic mass is 32.1. The number of nitrogens with one attached hydrogen (secondary N) is 5. The number of hydrogen-bond donors (Lipinski definition) is 5. The number of nitrogens with zero attached hydrogens (tertiary/aromatic N) is 5. The molecule has 1 aliphatic carbocycles. The molecule has 2 aromatic rings. The largest absolute Gasteiger partial charge is 0.488 e. The van der Waals surface area contributed by atoms with Crippen LogP contribution in [0.1, 0.15) is 105 Å². The van der Waals surface area contributed by atoms with Gasteiger partial charge in [0.2, 0.25) is 29.1 Å². The number of carbonyl (C=O) groups is 4. The molecule has 0 bridgehead atoms. The first-order chi connectivity index (χ1) is 28.2. The third-order valence-electron chi connectivity index (χ3n) is 8.81. The fourth-order valence-electron chi connectivity index (χ4n) is 5.35. The fourth-order valence-corrected chi connectivity index (χ4v) is 6.04. The van der Waals surface area contributed by atoms with Crippen molar-refractivity contribution < 1.29 is 43.1 Å². The predicted octanol–water partition coefficient (Wildman–Crippen LogP) is 3.57. The van der Waals surface area contributed by atoms with Gasteiger partial charge in [-0.25, -0.2) is 14.6 Å². The van der Waals surface area contributed by atoms with Crippen molar-refractivity contribution in [2.75, 3.05) is 37.0 Å². The van der Waals surface area contributed by atoms with E-state index >= 15 is 0 Å². The highest BCUT2D eigenvalue weighted by Crippen LogP contribution is 2.37. The summed E-state index contributed by atoms with van der Waals surface area (Å²) in [7, 11) is 0. The van der Waals surface area contributed by atoms with Crippen LogP contribution in [0.4, 0.5) is 15.7 Å². The summed E-state index contributed by atoms with van der Waals surface area (Å²) < 4.78 is 17.7. The zero-order valence-corrected chi connectivity index (χ0v) is 35.1. The Bertz CT molecular complexity index is 1950. The average Bonchev–Trinajstić information content (AvgIpc) is 3.61. The zero-order valence-electron chi connectivity index (χ0n) is 34.3. The summed E-state index contributed by atoms with van der Waals surface area (Å²) in [6, 6.07) is -0.568. The quantitative estimate of drug-likeness (QED) is 0.0229. The van der Waals surface area contributed by atoms with E-state index in [-0.39, 0.29) is 47.2 Å². The SMILES string of the molecule is CCCCOC(=O)C1(O/N=C(\C(=O)N[C@@H]2C(=O)N[C@@H]2CNC(=NC#N)Nc2cc(=O)c(OCCCC)cn2OCCCC)c2csc(NC(=O)OC(C)(C)C)n2)CCC1. The second kappa shape index (κ2) is 21.7. The minimum atomic E-state index is -1.40. The van der Waals surface area contributed by atoms with Crippen molar-refractivity contribution in [2.24, 2.45) is 10.1 Å². The molecule has 0 unspecified atom stereocenters. The van der Waals surface area contributed by atoms with Gasteiger partial charge in [0.1, 0.15) is 23.9 Å². The lowest BCUT2D eigenvalue weighted by Crippen LogP contribution is -2.72. The lowest BCUT2D eigenvalue weighted by atomic mass is 9.80. The van der Waals surface area contributed by atoms with E-state index in [0.717, 1.165) is 43.4 Å². The van der Waals surface area contributed by atoms with Crippen LogP contribution in [0.2, 0.25) is 0 Å². The number of oxime groups is 1. The van der Waals surface area contributed by atoms with Gasteiger partial charge in [0.05, 0.1) is 25.5 Å². The van der Waals surface area contributed by atoms with Gasteiger partial charge in [-0.3, -0.25) is 19.7 Å². The second-order valence-corrected chi connectivity index (χ2v) is 15.6. The first-order valence-electron chi connectivity index (χ1n) is 19.7. The number of anilines is 2. The summed E-state index contributed by atoms with van der Waals surface area (Å²) in [5, 5.41) is 28.8. The van der Waals surface area contributed by atoms with E-state index in [1.54, 1.807) is 27.0 Å². The molecule has 0 aromatic carbocycles. The molecule has 0 spiro atoms. The summed E-state index contributed by atoms with van der Waals surface area (Å²) in [6.45, 7) is 11.9. The van der Waals surface area contributed by atoms with Gasteiger partial charge >= 0.3 is 12.1 Å². The van der Waals surface area contributed by atoms with Crippen molar-refractivity contribution in [3.05, 3.63) is 33.6 Å². The molecule has 59 heavy (non-hydrogen) atoms. The highest BCUT2D eigenvalue weighted by molar-refractivity contribution is 7.14. The van der Waals surface area contributed by atoms with Crippen molar-refractivity contribution in [2.45, 2.75) is 123 Å². The number of esters is 1. The van der Waals surface area contributed by atoms with Crippen LogP contribution in [0.25, 0.3) is 0 Å². The molecular weight excluding hydrogens is 789 g/mol. The Balaban J connectivity index is 1.51. The smallest absolute Gasteiger partial charge is 0.413 e. The lowest BCUT2D eigenvalue weighted by Gasteiger charge is -2.37. The number of nitriles is 1. The first-order valence-corrected chi connectivity index (χ1v) is 20.6. The van der Waals surface area contributed by atoms with Crippen molar-refractivity contribution in [3.8, 4) is 11.9 Å². The number of unbranched alkanes of at least 4 members (excludes halogenated alkanes) is 3. The Kier molecular flexibility index (Phi) is 16.9. The lowest BCUT2D eigenvalue weighted by molar-refractivity contribution is -0.185. The molecule has 1 saturated carbocycles. The van der Waals surface area contributed by atoms with Crippen LogP contribution in [-0.2, 0) is 28.7 Å². The Morgan fingerprint density at radius 1 is 1.07 bits per heavy atom. The minimum Gasteiger partial charge on any atom is -0.488 e. The van der Waals surface area contributed by atoms with Crippen molar-refractivity contribution in [1.29, 1.82) is 5.26 Å². The number of guanidine groups is 1. The molecule has 0 radical (unpaired) electrons. The van der Waals surface area contributed by atoms with Crippen LogP contribution < -0.4 is 41.6 Å². The number of rotatable bonds is 21. The maximum atomic E-state index is 13.9. The van der Waals surface area contributed by atoms with Gasteiger partial charge < -0.3 is 45.2 Å². The number of aliphatic imine (C=N–C) groups is 1. The summed E-state index contributed by atoms with van der Waals surface area (Å²) in [4.78, 5) is 84.9. The van der Waals surface area contributed by atoms with Crippen LogP contribution in [0.15, 0.2) is 32.6 Å². The van der Waals surface area contributed by atoms with Gasteiger partial charge in [-0.15, -0.1) is 16.3 Å². The van der Waals surface area contributed by atoms with E-state index in [4.69, 9.17) is 23.9 Å². The van der Waals surface area contributed by atoms with Crippen molar-refractivity contribution in [3.63, 3.8) is 0 Å². The van der Waals surface area contributed by atoms with Gasteiger partial charge in [0.25, 0.3) is 5.91 Å². The Morgan fingerprint density at radius 2 is 1.78 bits per heavy atom. The van der Waals surface area contributed by atoms with Gasteiger partial charge in [0.15, 0.2) is 22.4 Å². The molecule has 2 aliphatic rings. The van der Waals surface area contributed by atoms with Crippen LogP contribution >= 0.6 is 11.3 Å². The minimum absolute atomic E-state index is 0.0107. The van der Waals surface area contributed by atoms with E-state index in [0.29, 0.717) is 38.9 Å². The number of thiazole rings is 1. The van der Waals surface area contributed by atoms with Crippen LogP contribution in [0.5, 0.6) is 5.75 Å². The third kappa shape index (κ3) is 13.3. The molecule has 1 aliphatic heterocycles. The van der Waals surface area contributed by atoms with E-state index in [9.17, 15) is 29.2 Å². The number of ether oxygens (including phenoxy) is 3. The number of amides is 3. The molecule has 5 N–H and O–H groups in total. The molecule has 2 aromatic heterocycles. The van der Waals surface area contributed by atoms with Gasteiger partial charge in [-0.1, -0.05) is 45.2 Å². The first kappa shape index (κ1) is 45.8. The summed E-state index contributed by atoms with van der Waals surface area (Å²) in [5.41, 5.74) is -2.97. The molecule has 2 fully saturated rings. The maximum Gasteiger partial charge on any atom is 0.413 e. The van der Waals surface area contributed by atoms with Gasteiger partial charge in [-0.05, 0) is 46.5 Å². The molecule has 3 heterocycles. The molecule has 2 atom stereocenters. The van der Waals surface area contributed by atoms with E-state index in [1.807, 2.05) is 20.8 Å². The van der Waals surface area contributed by atoms with E-state index < -0.39 is 52.6 Å². The molecule has 3 amide bonds. The van der Waals surface area contributed by atoms with Crippen LogP contribution in [0.3, 0.4) is 0 Å². The fraction of sp³-hybridized carbons (Fsp3) is 0.605. The average molecular weight is 843 g/mol. The predicted molar refractivity (Wildman–Crippen MR) is 218 cm³/mol. The number of aromatic nitrogens is 2. The Morgan fingerprint density at radius 3 is 2.42 bits per heavy atom. The monoisotopic (exact) mass is 842 g/mol. The van der Waals surface area contributed by atoms with Crippen molar-refractivity contribution >= 4 is 57.8 Å². The molecule has 4 rings (SSSR count). The number of β-lactam (4-membered cyclic amide) rings is 1. The summed E-state index contributed by atoms with van der Waals surface area (Å²) in [6.07, 6.45) is 8.38. The molecule has 20 nitrogen and oxygen atoms in total. The zero-order chi connectivity index (χ0) is 43.0. The Hall–Kier alpha value is -5.91. The normalized spacial score (nSPS) is 17.2. The van der Waals surface area contributed by atoms with Crippen molar-refractivity contribution in [1.82, 2.24) is 25.7 Å². The third-order valence-corrected chi connectivity index (χ3v) is 9.57. The van der Waals surface area contributed by atoms with Gasteiger partial charge in [0, 0.05) is 30.8 Å². The van der Waals surface area contributed by atoms with Crippen LogP contribution in [0, 0.1) is 11.5 Å². The van der Waals surface area contributed by atoms with Crippen LogP contribution in [-0.4, -0.2) is 94.9 Å². The topological polar surface area (TPSA) is 258 Å². The molecular formula is C38H54N10O10S. The van der Waals surface area contributed by atoms with E-state index in [1.165, 1.54) is 22.4 Å². The molecule has 1 saturated heterocycles. The summed E-state index contributed by atoms with van der Waals surface area (Å²) >= 11 is 0.987. The molecule has 21 heteroatoms. The summed E-state index contributed by atoms with van der Waals surface area (Å²) in [5.74, 6) is -1.81. The second-order valence-electron chi connectivity index (χ2n) is 14.8. The number of pyridine rings is 1. The maximum absolute atomic E-state index is 13.9. The number of carbonyl (C=O) groups excluding carboxylic acids is 4. The highest BCUT2D eigenvalue weighted by Gasteiger charge is 2.50.